The number of rotatable bonds is 5. The van der Waals surface area contributed by atoms with Crippen molar-refractivity contribution in [2.24, 2.45) is 0 Å². The van der Waals surface area contributed by atoms with Crippen molar-refractivity contribution < 1.29 is 9.32 Å². The highest BCUT2D eigenvalue weighted by Gasteiger charge is 2.20. The van der Waals surface area contributed by atoms with Crippen LogP contribution in [0.15, 0.2) is 28.9 Å². The Morgan fingerprint density at radius 1 is 1.32 bits per heavy atom. The van der Waals surface area contributed by atoms with E-state index in [1.807, 2.05) is 25.1 Å². The second kappa shape index (κ2) is 8.17. The molecule has 3 heterocycles. The quantitative estimate of drug-likeness (QED) is 0.864. The minimum atomic E-state index is -0.341. The first kappa shape index (κ1) is 17.5. The minimum Gasteiger partial charge on any atom is -0.343 e. The standard InChI is InChI=1S/C17H24N6O2/c1-13(17-20-16(21-25-17)14-6-3-4-7-18-14)19-15(24)12-23-9-5-8-22(2)10-11-23/h3-4,6-7,13H,5,8-12H2,1-2H3,(H,19,24). The van der Waals surface area contributed by atoms with Gasteiger partial charge in [0.2, 0.25) is 17.6 Å². The molecule has 0 bridgehead atoms. The zero-order valence-electron chi connectivity index (χ0n) is 14.7. The lowest BCUT2D eigenvalue weighted by molar-refractivity contribution is -0.123. The fraction of sp³-hybridized carbons (Fsp3) is 0.529. The molecule has 8 nitrogen and oxygen atoms in total. The third-order valence-corrected chi connectivity index (χ3v) is 4.26. The molecule has 0 spiro atoms. The SMILES string of the molecule is CC(NC(=O)CN1CCCN(C)CC1)c1nc(-c2ccccn2)no1. The lowest BCUT2D eigenvalue weighted by Gasteiger charge is -2.20. The van der Waals surface area contributed by atoms with Crippen molar-refractivity contribution in [2.45, 2.75) is 19.4 Å². The summed E-state index contributed by atoms with van der Waals surface area (Å²) < 4.78 is 5.27. The molecule has 1 N–H and O–H groups in total. The van der Waals surface area contributed by atoms with E-state index in [0.29, 0.717) is 24.0 Å². The molecule has 1 amide bonds. The molecular weight excluding hydrogens is 320 g/mol. The maximum atomic E-state index is 12.3. The molecule has 3 rings (SSSR count). The maximum absolute atomic E-state index is 12.3. The third-order valence-electron chi connectivity index (χ3n) is 4.26. The average molecular weight is 344 g/mol. The van der Waals surface area contributed by atoms with Gasteiger partial charge in [-0.2, -0.15) is 4.98 Å². The number of carbonyl (C=O) groups is 1. The van der Waals surface area contributed by atoms with E-state index >= 15 is 0 Å². The molecule has 0 radical (unpaired) electrons. The van der Waals surface area contributed by atoms with Crippen molar-refractivity contribution in [3.8, 4) is 11.5 Å². The Morgan fingerprint density at radius 2 is 2.20 bits per heavy atom. The summed E-state index contributed by atoms with van der Waals surface area (Å²) in [7, 11) is 2.11. The van der Waals surface area contributed by atoms with E-state index in [2.05, 4.69) is 37.3 Å². The van der Waals surface area contributed by atoms with Crippen molar-refractivity contribution >= 4 is 5.91 Å². The van der Waals surface area contributed by atoms with Gasteiger partial charge < -0.3 is 14.7 Å². The number of likely N-dealkylation sites (N-methyl/N-ethyl adjacent to an activating group) is 1. The fourth-order valence-corrected chi connectivity index (χ4v) is 2.82. The molecule has 134 valence electrons. The normalized spacial score (nSPS) is 17.8. The smallest absolute Gasteiger partial charge is 0.249 e. The van der Waals surface area contributed by atoms with Crippen LogP contribution in [0.4, 0.5) is 0 Å². The van der Waals surface area contributed by atoms with Crippen LogP contribution >= 0.6 is 0 Å². The largest absolute Gasteiger partial charge is 0.343 e. The first-order chi connectivity index (χ1) is 12.1. The van der Waals surface area contributed by atoms with E-state index in [1.54, 1.807) is 6.20 Å². The zero-order valence-corrected chi connectivity index (χ0v) is 14.7. The molecule has 25 heavy (non-hydrogen) atoms. The summed E-state index contributed by atoms with van der Waals surface area (Å²) in [4.78, 5) is 25.3. The van der Waals surface area contributed by atoms with Crippen molar-refractivity contribution in [3.05, 3.63) is 30.3 Å². The van der Waals surface area contributed by atoms with Crippen molar-refractivity contribution in [1.29, 1.82) is 0 Å². The second-order valence-corrected chi connectivity index (χ2v) is 6.39. The Bertz CT molecular complexity index is 689. The highest BCUT2D eigenvalue weighted by molar-refractivity contribution is 5.78. The van der Waals surface area contributed by atoms with Crippen LogP contribution in [-0.4, -0.2) is 70.6 Å². The number of pyridine rings is 1. The minimum absolute atomic E-state index is 0.0327. The third kappa shape index (κ3) is 4.83. The van der Waals surface area contributed by atoms with Crippen molar-refractivity contribution in [3.63, 3.8) is 0 Å². The van der Waals surface area contributed by atoms with Gasteiger partial charge in [0.05, 0.1) is 6.54 Å². The van der Waals surface area contributed by atoms with E-state index < -0.39 is 0 Å². The van der Waals surface area contributed by atoms with E-state index in [-0.39, 0.29) is 11.9 Å². The van der Waals surface area contributed by atoms with Gasteiger partial charge in [0.15, 0.2) is 0 Å². The van der Waals surface area contributed by atoms with Gasteiger partial charge in [-0.05, 0) is 45.6 Å². The lowest BCUT2D eigenvalue weighted by atomic mass is 10.3. The van der Waals surface area contributed by atoms with E-state index in [4.69, 9.17) is 4.52 Å². The van der Waals surface area contributed by atoms with Gasteiger partial charge >= 0.3 is 0 Å². The molecule has 0 aromatic carbocycles. The van der Waals surface area contributed by atoms with Gasteiger partial charge in [0.25, 0.3) is 0 Å². The Hall–Kier alpha value is -2.32. The maximum Gasteiger partial charge on any atom is 0.249 e. The molecule has 0 saturated carbocycles. The van der Waals surface area contributed by atoms with E-state index in [0.717, 1.165) is 32.6 Å². The van der Waals surface area contributed by atoms with E-state index in [1.165, 1.54) is 0 Å². The Kier molecular flexibility index (Phi) is 5.72. The number of carbonyl (C=O) groups excluding carboxylic acids is 1. The second-order valence-electron chi connectivity index (χ2n) is 6.39. The van der Waals surface area contributed by atoms with Crippen molar-refractivity contribution in [2.75, 3.05) is 39.8 Å². The van der Waals surface area contributed by atoms with Gasteiger partial charge in [0, 0.05) is 19.3 Å². The first-order valence-corrected chi connectivity index (χ1v) is 8.57. The summed E-state index contributed by atoms with van der Waals surface area (Å²) in [5, 5.41) is 6.86. The van der Waals surface area contributed by atoms with E-state index in [9.17, 15) is 4.79 Å². The van der Waals surface area contributed by atoms with Gasteiger partial charge in [-0.3, -0.25) is 14.7 Å². The monoisotopic (exact) mass is 344 g/mol. The number of amides is 1. The molecular formula is C17H24N6O2. The fourth-order valence-electron chi connectivity index (χ4n) is 2.82. The number of hydrogen-bond acceptors (Lipinski definition) is 7. The lowest BCUT2D eigenvalue weighted by Crippen LogP contribution is -2.39. The summed E-state index contributed by atoms with van der Waals surface area (Å²) in [6.07, 6.45) is 2.76. The Balaban J connectivity index is 1.54. The first-order valence-electron chi connectivity index (χ1n) is 8.57. The summed E-state index contributed by atoms with van der Waals surface area (Å²) in [6, 6.07) is 5.16. The molecule has 0 aliphatic carbocycles. The molecule has 1 aliphatic rings. The molecule has 2 aromatic rings. The summed E-state index contributed by atoms with van der Waals surface area (Å²) >= 11 is 0. The van der Waals surface area contributed by atoms with Crippen LogP contribution in [0.25, 0.3) is 11.5 Å². The molecule has 1 fully saturated rings. The van der Waals surface area contributed by atoms with Crippen LogP contribution in [0, 0.1) is 0 Å². The summed E-state index contributed by atoms with van der Waals surface area (Å²) in [6.45, 7) is 6.13. The summed E-state index contributed by atoms with van der Waals surface area (Å²) in [5.41, 5.74) is 0.643. The predicted molar refractivity (Wildman–Crippen MR) is 92.6 cm³/mol. The highest BCUT2D eigenvalue weighted by atomic mass is 16.5. The summed E-state index contributed by atoms with van der Waals surface area (Å²) in [5.74, 6) is 0.770. The van der Waals surface area contributed by atoms with Crippen LogP contribution < -0.4 is 5.32 Å². The van der Waals surface area contributed by atoms with Crippen LogP contribution in [0.3, 0.4) is 0 Å². The van der Waals surface area contributed by atoms with Crippen LogP contribution in [-0.2, 0) is 4.79 Å². The molecule has 1 atom stereocenters. The molecule has 2 aromatic heterocycles. The molecule has 8 heteroatoms. The predicted octanol–water partition coefficient (Wildman–Crippen LogP) is 0.946. The van der Waals surface area contributed by atoms with Crippen LogP contribution in [0.2, 0.25) is 0 Å². The molecule has 1 aliphatic heterocycles. The van der Waals surface area contributed by atoms with Gasteiger partial charge in [0.1, 0.15) is 11.7 Å². The highest BCUT2D eigenvalue weighted by Crippen LogP contribution is 2.16. The topological polar surface area (TPSA) is 87.4 Å². The zero-order chi connectivity index (χ0) is 17.6. The average Bonchev–Trinajstić information content (AvgIpc) is 3.02. The Morgan fingerprint density at radius 3 is 3.00 bits per heavy atom. The molecule has 1 saturated heterocycles. The molecule has 1 unspecified atom stereocenters. The van der Waals surface area contributed by atoms with Crippen LogP contribution in [0.1, 0.15) is 25.3 Å². The Labute approximate surface area is 147 Å². The number of aromatic nitrogens is 3. The van der Waals surface area contributed by atoms with Gasteiger partial charge in [-0.1, -0.05) is 11.2 Å². The van der Waals surface area contributed by atoms with Gasteiger partial charge in [-0.15, -0.1) is 0 Å². The van der Waals surface area contributed by atoms with Crippen LogP contribution in [0.5, 0.6) is 0 Å². The number of hydrogen-bond donors (Lipinski definition) is 1. The number of nitrogens with zero attached hydrogens (tertiary/aromatic N) is 5. The van der Waals surface area contributed by atoms with Gasteiger partial charge in [-0.25, -0.2) is 0 Å². The van der Waals surface area contributed by atoms with Crippen molar-refractivity contribution in [1.82, 2.24) is 30.2 Å². The number of nitrogens with one attached hydrogen (secondary N) is 1.